The number of thioether (sulfide) groups is 1. The molecule has 0 spiro atoms. The number of carbonyl (C=O) groups is 2. The van der Waals surface area contributed by atoms with Crippen LogP contribution in [0.2, 0.25) is 0 Å². The minimum Gasteiger partial charge on any atom is -0.323 e. The van der Waals surface area contributed by atoms with Crippen LogP contribution in [-0.4, -0.2) is 43.7 Å². The molecule has 30 heavy (non-hydrogen) atoms. The fraction of sp³-hybridized carbons (Fsp3) is 0.381. The van der Waals surface area contributed by atoms with Gasteiger partial charge in [0.25, 0.3) is 5.78 Å². The summed E-state index contributed by atoms with van der Waals surface area (Å²) in [6.07, 6.45) is 3.19. The third kappa shape index (κ3) is 3.89. The summed E-state index contributed by atoms with van der Waals surface area (Å²) in [5, 5.41) is 7.85. The Morgan fingerprint density at radius 3 is 2.83 bits per heavy atom. The molecule has 156 valence electrons. The van der Waals surface area contributed by atoms with Crippen molar-refractivity contribution in [1.82, 2.24) is 19.6 Å². The third-order valence-electron chi connectivity index (χ3n) is 5.21. The van der Waals surface area contributed by atoms with Gasteiger partial charge < -0.3 is 10.2 Å². The van der Waals surface area contributed by atoms with Gasteiger partial charge in [0, 0.05) is 11.4 Å². The lowest BCUT2D eigenvalue weighted by Crippen LogP contribution is -2.43. The van der Waals surface area contributed by atoms with Crippen molar-refractivity contribution in [3.8, 4) is 0 Å². The average Bonchev–Trinajstić information content (AvgIpc) is 3.14. The Hall–Kier alpha value is -2.94. The summed E-state index contributed by atoms with van der Waals surface area (Å²) in [5.41, 5.74) is 4.58. The van der Waals surface area contributed by atoms with Crippen molar-refractivity contribution >= 4 is 40.7 Å². The van der Waals surface area contributed by atoms with Gasteiger partial charge in [-0.25, -0.2) is 9.50 Å². The second-order valence-corrected chi connectivity index (χ2v) is 8.25. The number of benzene rings is 1. The first-order valence-corrected chi connectivity index (χ1v) is 11.0. The van der Waals surface area contributed by atoms with E-state index < -0.39 is 0 Å². The van der Waals surface area contributed by atoms with E-state index in [9.17, 15) is 9.59 Å². The minimum absolute atomic E-state index is 0.00957. The molecule has 0 saturated heterocycles. The van der Waals surface area contributed by atoms with Gasteiger partial charge in [-0.05, 0) is 44.4 Å². The second kappa shape index (κ2) is 8.43. The quantitative estimate of drug-likeness (QED) is 0.611. The maximum absolute atomic E-state index is 12.8. The molecule has 0 radical (unpaired) electrons. The Kier molecular flexibility index (Phi) is 5.72. The van der Waals surface area contributed by atoms with Crippen LogP contribution in [0.1, 0.15) is 36.7 Å². The van der Waals surface area contributed by atoms with Gasteiger partial charge in [0.15, 0.2) is 0 Å². The van der Waals surface area contributed by atoms with Crippen molar-refractivity contribution in [1.29, 1.82) is 0 Å². The van der Waals surface area contributed by atoms with E-state index in [4.69, 9.17) is 0 Å². The normalized spacial score (nSPS) is 13.4. The molecule has 1 N–H and O–H groups in total. The smallest absolute Gasteiger partial charge is 0.253 e. The van der Waals surface area contributed by atoms with E-state index >= 15 is 0 Å². The van der Waals surface area contributed by atoms with Crippen LogP contribution in [0.5, 0.6) is 0 Å². The van der Waals surface area contributed by atoms with E-state index in [1.165, 1.54) is 22.2 Å². The number of nitrogens with one attached hydrogen (secondary N) is 1. The van der Waals surface area contributed by atoms with Crippen LogP contribution in [0.4, 0.5) is 11.4 Å². The van der Waals surface area contributed by atoms with E-state index in [1.807, 2.05) is 32.0 Å². The van der Waals surface area contributed by atoms with Crippen molar-refractivity contribution in [2.45, 2.75) is 45.2 Å². The Balaban J connectivity index is 1.52. The fourth-order valence-corrected chi connectivity index (χ4v) is 4.32. The average molecular weight is 425 g/mol. The van der Waals surface area contributed by atoms with Crippen LogP contribution in [0.15, 0.2) is 29.4 Å². The molecule has 4 rings (SSSR count). The van der Waals surface area contributed by atoms with E-state index in [0.29, 0.717) is 22.3 Å². The lowest BCUT2D eigenvalue weighted by Gasteiger charge is -2.28. The molecule has 9 heteroatoms. The highest BCUT2D eigenvalue weighted by molar-refractivity contribution is 7.99. The fourth-order valence-electron chi connectivity index (χ4n) is 3.63. The van der Waals surface area contributed by atoms with Crippen LogP contribution in [0, 0.1) is 13.8 Å². The molecule has 0 fully saturated rings. The molecule has 2 aromatic heterocycles. The Bertz CT molecular complexity index is 1130. The predicted molar refractivity (Wildman–Crippen MR) is 117 cm³/mol. The van der Waals surface area contributed by atoms with Crippen LogP contribution >= 0.6 is 11.8 Å². The van der Waals surface area contributed by atoms with Gasteiger partial charge >= 0.3 is 0 Å². The summed E-state index contributed by atoms with van der Waals surface area (Å²) >= 11 is 1.26. The van der Waals surface area contributed by atoms with E-state index in [0.717, 1.165) is 30.7 Å². The van der Waals surface area contributed by atoms with Crippen LogP contribution in [0.3, 0.4) is 0 Å². The van der Waals surface area contributed by atoms with Gasteiger partial charge in [0.2, 0.25) is 17.0 Å². The number of para-hydroxylation sites is 2. The molecule has 0 saturated carbocycles. The van der Waals surface area contributed by atoms with Crippen LogP contribution in [-0.2, 0) is 16.0 Å². The van der Waals surface area contributed by atoms with Gasteiger partial charge in [-0.15, -0.1) is 5.10 Å². The number of nitrogens with zero attached hydrogens (tertiary/aromatic N) is 5. The molecule has 2 amide bonds. The van der Waals surface area contributed by atoms with Crippen LogP contribution < -0.4 is 10.2 Å². The second-order valence-electron chi connectivity index (χ2n) is 7.30. The van der Waals surface area contributed by atoms with Crippen molar-refractivity contribution in [2.75, 3.05) is 22.5 Å². The Labute approximate surface area is 179 Å². The van der Waals surface area contributed by atoms with E-state index in [-0.39, 0.29) is 24.1 Å². The number of unbranched alkanes of at least 4 members (excludes halogenated alkanes) is 1. The van der Waals surface area contributed by atoms with Crippen LogP contribution in [0.25, 0.3) is 5.78 Å². The number of carbonyl (C=O) groups excluding carboxylic acids is 2. The molecule has 0 unspecified atom stereocenters. The first kappa shape index (κ1) is 20.3. The molecule has 1 aromatic carbocycles. The first-order valence-electron chi connectivity index (χ1n) is 10.0. The number of aromatic nitrogens is 4. The first-order chi connectivity index (χ1) is 14.5. The summed E-state index contributed by atoms with van der Waals surface area (Å²) in [5.74, 6) is 0.320. The molecule has 8 nitrogen and oxygen atoms in total. The molecule has 1 aliphatic rings. The standard InChI is InChI=1S/C21H24N6O2S/c1-4-5-8-15-13(2)22-20-24-21(25-27(20)14(15)3)30-12-19(29)26-11-18(28)23-16-9-6-7-10-17(16)26/h6-7,9-10H,4-5,8,11-12H2,1-3H3,(H,23,28). The SMILES string of the molecule is CCCCc1c(C)nc2nc(SCC(=O)N3CC(=O)Nc4ccccc43)nn2c1C. The summed E-state index contributed by atoms with van der Waals surface area (Å²) in [7, 11) is 0. The van der Waals surface area contributed by atoms with Gasteiger partial charge in [-0.3, -0.25) is 9.59 Å². The Morgan fingerprint density at radius 1 is 1.23 bits per heavy atom. The van der Waals surface area contributed by atoms with Crippen molar-refractivity contribution in [3.63, 3.8) is 0 Å². The number of hydrogen-bond donors (Lipinski definition) is 1. The molecule has 3 heterocycles. The highest BCUT2D eigenvalue weighted by Crippen LogP contribution is 2.30. The monoisotopic (exact) mass is 424 g/mol. The molecule has 0 aliphatic carbocycles. The molecular weight excluding hydrogens is 400 g/mol. The van der Waals surface area contributed by atoms with Crippen molar-refractivity contribution in [3.05, 3.63) is 41.2 Å². The van der Waals surface area contributed by atoms with Gasteiger partial charge in [0.1, 0.15) is 6.54 Å². The number of fused-ring (bicyclic) bond motifs is 2. The lowest BCUT2D eigenvalue weighted by molar-refractivity contribution is -0.120. The van der Waals surface area contributed by atoms with Crippen molar-refractivity contribution in [2.24, 2.45) is 0 Å². The molecular formula is C21H24N6O2S. The molecule has 1 aliphatic heterocycles. The number of aryl methyl sites for hydroxylation is 2. The van der Waals surface area contributed by atoms with Gasteiger partial charge in [-0.2, -0.15) is 4.98 Å². The molecule has 0 atom stereocenters. The summed E-state index contributed by atoms with van der Waals surface area (Å²) in [4.78, 5) is 35.4. The maximum Gasteiger partial charge on any atom is 0.253 e. The van der Waals surface area contributed by atoms with Gasteiger partial charge in [-0.1, -0.05) is 37.2 Å². The van der Waals surface area contributed by atoms with Crippen molar-refractivity contribution < 1.29 is 9.59 Å². The zero-order valence-electron chi connectivity index (χ0n) is 17.3. The third-order valence-corrected chi connectivity index (χ3v) is 6.03. The van der Waals surface area contributed by atoms with E-state index in [1.54, 1.807) is 10.6 Å². The van der Waals surface area contributed by atoms with E-state index in [2.05, 4.69) is 27.3 Å². The molecule has 3 aromatic rings. The number of anilines is 2. The highest BCUT2D eigenvalue weighted by atomic mass is 32.2. The predicted octanol–water partition coefficient (Wildman–Crippen LogP) is 3.16. The number of hydrogen-bond acceptors (Lipinski definition) is 6. The summed E-state index contributed by atoms with van der Waals surface area (Å²) in [6, 6.07) is 7.29. The Morgan fingerprint density at radius 2 is 2.03 bits per heavy atom. The minimum atomic E-state index is -0.201. The zero-order valence-corrected chi connectivity index (χ0v) is 18.1. The van der Waals surface area contributed by atoms with Gasteiger partial charge in [0.05, 0.1) is 17.1 Å². The molecule has 0 bridgehead atoms. The maximum atomic E-state index is 12.8. The number of amides is 2. The summed E-state index contributed by atoms with van der Waals surface area (Å²) in [6.45, 7) is 6.21. The summed E-state index contributed by atoms with van der Waals surface area (Å²) < 4.78 is 1.76. The lowest BCUT2D eigenvalue weighted by atomic mass is 10.1. The topological polar surface area (TPSA) is 92.5 Å². The number of rotatable bonds is 6. The zero-order chi connectivity index (χ0) is 21.3. The largest absolute Gasteiger partial charge is 0.323 e. The highest BCUT2D eigenvalue weighted by Gasteiger charge is 2.27.